The maximum Gasteiger partial charge on any atom is 0.251 e. The van der Waals surface area contributed by atoms with Gasteiger partial charge in [-0.1, -0.05) is 0 Å². The second-order valence-electron chi connectivity index (χ2n) is 2.79. The second-order valence-corrected chi connectivity index (χ2v) is 2.79. The fourth-order valence-corrected chi connectivity index (χ4v) is 0.968. The number of nitrogens with two attached hydrogens (primary N) is 1. The first-order valence-electron chi connectivity index (χ1n) is 4.24. The molecule has 0 atom stereocenters. The summed E-state index contributed by atoms with van der Waals surface area (Å²) in [6.45, 7) is 0.375. The van der Waals surface area contributed by atoms with Gasteiger partial charge in [0, 0.05) is 17.8 Å². The summed E-state index contributed by atoms with van der Waals surface area (Å²) in [6, 6.07) is 8.58. The lowest BCUT2D eigenvalue weighted by atomic mass is 10.2. The summed E-state index contributed by atoms with van der Waals surface area (Å²) in [4.78, 5) is 11.4. The Morgan fingerprint density at radius 3 is 2.64 bits per heavy atom. The monoisotopic (exact) mass is 189 g/mol. The first kappa shape index (κ1) is 10.1. The molecular weight excluding hydrogens is 178 g/mol. The molecule has 0 heterocycles. The molecule has 0 aliphatic rings. The highest BCUT2D eigenvalue weighted by Crippen LogP contribution is 2.04. The number of hydrogen-bond acceptors (Lipinski definition) is 3. The van der Waals surface area contributed by atoms with Gasteiger partial charge in [-0.2, -0.15) is 5.26 Å². The number of amides is 1. The molecule has 0 saturated carbocycles. The van der Waals surface area contributed by atoms with E-state index in [1.54, 1.807) is 24.3 Å². The normalized spacial score (nSPS) is 9.07. The van der Waals surface area contributed by atoms with Gasteiger partial charge in [0.25, 0.3) is 5.91 Å². The molecule has 4 nitrogen and oxygen atoms in total. The highest BCUT2D eigenvalue weighted by molar-refractivity contribution is 5.94. The van der Waals surface area contributed by atoms with Crippen LogP contribution >= 0.6 is 0 Å². The SMILES string of the molecule is N#CCCNC(=O)c1ccc(N)cc1. The molecule has 0 saturated heterocycles. The van der Waals surface area contributed by atoms with Gasteiger partial charge in [0.2, 0.25) is 0 Å². The van der Waals surface area contributed by atoms with Crippen molar-refractivity contribution in [3.05, 3.63) is 29.8 Å². The van der Waals surface area contributed by atoms with Crippen molar-refractivity contribution in [2.45, 2.75) is 6.42 Å². The Morgan fingerprint density at radius 1 is 1.43 bits per heavy atom. The molecule has 14 heavy (non-hydrogen) atoms. The van der Waals surface area contributed by atoms with E-state index in [0.29, 0.717) is 24.2 Å². The van der Waals surface area contributed by atoms with Crippen LogP contribution in [0.4, 0.5) is 5.69 Å². The van der Waals surface area contributed by atoms with E-state index in [-0.39, 0.29) is 5.91 Å². The van der Waals surface area contributed by atoms with Crippen LogP contribution in [-0.2, 0) is 0 Å². The van der Waals surface area contributed by atoms with Crippen LogP contribution in [0.15, 0.2) is 24.3 Å². The molecule has 0 radical (unpaired) electrons. The number of anilines is 1. The average molecular weight is 189 g/mol. The fourth-order valence-electron chi connectivity index (χ4n) is 0.968. The maximum absolute atomic E-state index is 11.4. The predicted octanol–water partition coefficient (Wildman–Crippen LogP) is 0.912. The van der Waals surface area contributed by atoms with E-state index in [1.165, 1.54) is 0 Å². The number of carbonyl (C=O) groups excluding carboxylic acids is 1. The van der Waals surface area contributed by atoms with Crippen molar-refractivity contribution in [3.8, 4) is 6.07 Å². The van der Waals surface area contributed by atoms with E-state index >= 15 is 0 Å². The second kappa shape index (κ2) is 4.87. The Hall–Kier alpha value is -2.02. The molecule has 4 heteroatoms. The summed E-state index contributed by atoms with van der Waals surface area (Å²) in [6.07, 6.45) is 0.320. The van der Waals surface area contributed by atoms with Gasteiger partial charge in [0.1, 0.15) is 0 Å². The number of rotatable bonds is 3. The topological polar surface area (TPSA) is 78.9 Å². The van der Waals surface area contributed by atoms with Crippen molar-refractivity contribution in [1.82, 2.24) is 5.32 Å². The summed E-state index contributed by atoms with van der Waals surface area (Å²) in [7, 11) is 0. The number of nitrogens with one attached hydrogen (secondary N) is 1. The number of hydrogen-bond donors (Lipinski definition) is 2. The maximum atomic E-state index is 11.4. The molecule has 0 aromatic heterocycles. The molecule has 0 fully saturated rings. The van der Waals surface area contributed by atoms with Crippen LogP contribution in [-0.4, -0.2) is 12.5 Å². The Labute approximate surface area is 82.3 Å². The van der Waals surface area contributed by atoms with E-state index in [0.717, 1.165) is 0 Å². The first-order chi connectivity index (χ1) is 6.74. The first-order valence-corrected chi connectivity index (χ1v) is 4.24. The van der Waals surface area contributed by atoms with Crippen LogP contribution in [0.2, 0.25) is 0 Å². The molecule has 1 rings (SSSR count). The summed E-state index contributed by atoms with van der Waals surface area (Å²) in [5, 5.41) is 10.9. The summed E-state index contributed by atoms with van der Waals surface area (Å²) < 4.78 is 0. The molecule has 0 spiro atoms. The zero-order valence-corrected chi connectivity index (χ0v) is 7.66. The molecule has 1 aromatic carbocycles. The molecule has 1 aromatic rings. The molecular formula is C10H11N3O. The van der Waals surface area contributed by atoms with Gasteiger partial charge in [-0.05, 0) is 24.3 Å². The van der Waals surface area contributed by atoms with E-state index < -0.39 is 0 Å². The van der Waals surface area contributed by atoms with Gasteiger partial charge in [0.05, 0.1) is 12.5 Å². The quantitative estimate of drug-likeness (QED) is 0.548. The van der Waals surface area contributed by atoms with E-state index in [1.807, 2.05) is 6.07 Å². The third-order valence-corrected chi connectivity index (χ3v) is 1.70. The molecule has 1 amide bonds. The van der Waals surface area contributed by atoms with E-state index in [9.17, 15) is 4.79 Å². The highest BCUT2D eigenvalue weighted by atomic mass is 16.1. The zero-order valence-electron chi connectivity index (χ0n) is 7.66. The van der Waals surface area contributed by atoms with Crippen LogP contribution in [0.25, 0.3) is 0 Å². The van der Waals surface area contributed by atoms with Crippen LogP contribution in [0.3, 0.4) is 0 Å². The van der Waals surface area contributed by atoms with Gasteiger partial charge in [-0.25, -0.2) is 0 Å². The van der Waals surface area contributed by atoms with Crippen molar-refractivity contribution in [2.75, 3.05) is 12.3 Å². The average Bonchev–Trinajstić information content (AvgIpc) is 2.19. The van der Waals surface area contributed by atoms with Crippen molar-refractivity contribution in [1.29, 1.82) is 5.26 Å². The van der Waals surface area contributed by atoms with Crippen LogP contribution in [0.5, 0.6) is 0 Å². The predicted molar refractivity (Wildman–Crippen MR) is 53.4 cm³/mol. The third-order valence-electron chi connectivity index (χ3n) is 1.70. The van der Waals surface area contributed by atoms with Crippen LogP contribution in [0.1, 0.15) is 16.8 Å². The number of carbonyl (C=O) groups is 1. The lowest BCUT2D eigenvalue weighted by Gasteiger charge is -2.02. The molecule has 0 unspecified atom stereocenters. The molecule has 0 aliphatic heterocycles. The number of nitriles is 1. The van der Waals surface area contributed by atoms with Gasteiger partial charge in [-0.15, -0.1) is 0 Å². The molecule has 0 bridgehead atoms. The van der Waals surface area contributed by atoms with Crippen molar-refractivity contribution >= 4 is 11.6 Å². The molecule has 3 N–H and O–H groups in total. The summed E-state index contributed by atoms with van der Waals surface area (Å²) in [5.74, 6) is -0.180. The fraction of sp³-hybridized carbons (Fsp3) is 0.200. The van der Waals surface area contributed by atoms with Crippen molar-refractivity contribution in [2.24, 2.45) is 0 Å². The zero-order chi connectivity index (χ0) is 10.4. The van der Waals surface area contributed by atoms with Crippen molar-refractivity contribution in [3.63, 3.8) is 0 Å². The van der Waals surface area contributed by atoms with Crippen LogP contribution < -0.4 is 11.1 Å². The van der Waals surface area contributed by atoms with Gasteiger partial charge < -0.3 is 11.1 Å². The van der Waals surface area contributed by atoms with E-state index in [2.05, 4.69) is 5.32 Å². The summed E-state index contributed by atoms with van der Waals surface area (Å²) >= 11 is 0. The van der Waals surface area contributed by atoms with Gasteiger partial charge in [-0.3, -0.25) is 4.79 Å². The molecule has 72 valence electrons. The minimum absolute atomic E-state index is 0.180. The molecule has 0 aliphatic carbocycles. The minimum atomic E-state index is -0.180. The minimum Gasteiger partial charge on any atom is -0.399 e. The van der Waals surface area contributed by atoms with Gasteiger partial charge in [0.15, 0.2) is 0 Å². The smallest absolute Gasteiger partial charge is 0.251 e. The largest absolute Gasteiger partial charge is 0.399 e. The standard InChI is InChI=1S/C10H11N3O/c11-6-1-7-13-10(14)8-2-4-9(12)5-3-8/h2-5H,1,7,12H2,(H,13,14). The lowest BCUT2D eigenvalue weighted by Crippen LogP contribution is -2.24. The van der Waals surface area contributed by atoms with Gasteiger partial charge >= 0.3 is 0 Å². The van der Waals surface area contributed by atoms with Crippen molar-refractivity contribution < 1.29 is 4.79 Å². The Bertz CT molecular complexity index is 351. The number of nitrogens with zero attached hydrogens (tertiary/aromatic N) is 1. The third kappa shape index (κ3) is 2.79. The number of benzene rings is 1. The Morgan fingerprint density at radius 2 is 2.07 bits per heavy atom. The Balaban J connectivity index is 2.53. The van der Waals surface area contributed by atoms with Crippen LogP contribution in [0, 0.1) is 11.3 Å². The Kier molecular flexibility index (Phi) is 3.50. The lowest BCUT2D eigenvalue weighted by molar-refractivity contribution is 0.0954. The number of nitrogen functional groups attached to an aromatic ring is 1. The summed E-state index contributed by atoms with van der Waals surface area (Å²) in [5.41, 5.74) is 6.65. The van der Waals surface area contributed by atoms with E-state index in [4.69, 9.17) is 11.0 Å². The highest BCUT2D eigenvalue weighted by Gasteiger charge is 2.02.